The molecule has 14 heteroatoms. The number of aromatic nitrogens is 2. The van der Waals surface area contributed by atoms with Gasteiger partial charge in [-0.25, -0.2) is 9.18 Å². The minimum Gasteiger partial charge on any atom is -0.493 e. The topological polar surface area (TPSA) is 93.3 Å². The second-order valence-electron chi connectivity index (χ2n) is 9.04. The summed E-state index contributed by atoms with van der Waals surface area (Å²) in [7, 11) is 1.11. The quantitative estimate of drug-likeness (QED) is 0.600. The second-order valence-corrected chi connectivity index (χ2v) is 9.04. The molecule has 2 fully saturated rings. The van der Waals surface area contributed by atoms with E-state index < -0.39 is 53.0 Å². The summed E-state index contributed by atoms with van der Waals surface area (Å²) in [4.78, 5) is 28.5. The SMILES string of the molecule is COc1c(F)c(N2CCC(C(N)C(C(F)(F)F)C(F)(F)F)C2)c(C)c2c1c(=O)[nH]c(=O)n2C1CC1. The van der Waals surface area contributed by atoms with Crippen LogP contribution in [-0.2, 0) is 0 Å². The summed E-state index contributed by atoms with van der Waals surface area (Å²) in [5.41, 5.74) is 4.04. The number of aryl methyl sites for hydroxylation is 1. The molecule has 2 atom stereocenters. The smallest absolute Gasteiger partial charge is 0.402 e. The molecule has 4 rings (SSSR count). The lowest BCUT2D eigenvalue weighted by molar-refractivity contribution is -0.292. The molecular formula is C21H23F7N4O3. The zero-order valence-corrected chi connectivity index (χ0v) is 18.7. The minimum absolute atomic E-state index is 0.0793. The summed E-state index contributed by atoms with van der Waals surface area (Å²) in [6.45, 7) is 0.983. The van der Waals surface area contributed by atoms with Crippen LogP contribution in [0.25, 0.3) is 10.9 Å². The predicted octanol–water partition coefficient (Wildman–Crippen LogP) is 3.38. The molecule has 194 valence electrons. The first-order valence-corrected chi connectivity index (χ1v) is 10.9. The molecule has 2 unspecified atom stereocenters. The van der Waals surface area contributed by atoms with Crippen LogP contribution in [0.5, 0.6) is 5.75 Å². The lowest BCUT2D eigenvalue weighted by Crippen LogP contribution is -2.52. The van der Waals surface area contributed by atoms with Crippen LogP contribution >= 0.6 is 0 Å². The molecule has 35 heavy (non-hydrogen) atoms. The van der Waals surface area contributed by atoms with E-state index in [4.69, 9.17) is 10.5 Å². The Morgan fingerprint density at radius 2 is 1.69 bits per heavy atom. The number of rotatable bonds is 5. The van der Waals surface area contributed by atoms with E-state index in [2.05, 4.69) is 4.98 Å². The lowest BCUT2D eigenvalue weighted by atomic mass is 9.87. The molecule has 1 aliphatic carbocycles. The van der Waals surface area contributed by atoms with E-state index in [0.29, 0.717) is 12.8 Å². The van der Waals surface area contributed by atoms with Crippen molar-refractivity contribution in [3.8, 4) is 5.75 Å². The van der Waals surface area contributed by atoms with Gasteiger partial charge < -0.3 is 15.4 Å². The third kappa shape index (κ3) is 4.25. The van der Waals surface area contributed by atoms with Gasteiger partial charge in [0.05, 0.1) is 18.3 Å². The van der Waals surface area contributed by atoms with Crippen LogP contribution < -0.4 is 26.6 Å². The number of ether oxygens (including phenoxy) is 1. The van der Waals surface area contributed by atoms with E-state index in [1.54, 1.807) is 0 Å². The number of fused-ring (bicyclic) bond motifs is 1. The van der Waals surface area contributed by atoms with Gasteiger partial charge in [-0.05, 0) is 32.1 Å². The number of nitrogens with one attached hydrogen (secondary N) is 1. The van der Waals surface area contributed by atoms with Gasteiger partial charge in [-0.2, -0.15) is 26.3 Å². The molecular weight excluding hydrogens is 489 g/mol. The highest BCUT2D eigenvalue weighted by atomic mass is 19.4. The maximum absolute atomic E-state index is 15.6. The first kappa shape index (κ1) is 25.3. The minimum atomic E-state index is -5.60. The molecule has 0 spiro atoms. The number of hydrogen-bond acceptors (Lipinski definition) is 5. The predicted molar refractivity (Wildman–Crippen MR) is 112 cm³/mol. The van der Waals surface area contributed by atoms with Crippen molar-refractivity contribution in [2.75, 3.05) is 25.1 Å². The molecule has 2 aromatic rings. The van der Waals surface area contributed by atoms with Gasteiger partial charge in [0.2, 0.25) is 0 Å². The van der Waals surface area contributed by atoms with Gasteiger partial charge >= 0.3 is 18.0 Å². The number of halogens is 7. The first-order valence-electron chi connectivity index (χ1n) is 10.9. The van der Waals surface area contributed by atoms with E-state index in [1.165, 1.54) is 16.4 Å². The fourth-order valence-electron chi connectivity index (χ4n) is 5.07. The molecule has 1 aromatic heterocycles. The van der Waals surface area contributed by atoms with Crippen LogP contribution in [0.4, 0.5) is 36.4 Å². The molecule has 0 bridgehead atoms. The number of nitrogens with two attached hydrogens (primary N) is 1. The maximum atomic E-state index is 15.6. The van der Waals surface area contributed by atoms with Gasteiger partial charge in [0, 0.05) is 30.7 Å². The Morgan fingerprint density at radius 1 is 1.09 bits per heavy atom. The van der Waals surface area contributed by atoms with Crippen molar-refractivity contribution in [1.29, 1.82) is 0 Å². The Labute approximate surface area is 193 Å². The zero-order chi connectivity index (χ0) is 26.0. The van der Waals surface area contributed by atoms with Crippen LogP contribution in [0.3, 0.4) is 0 Å². The molecule has 1 aliphatic heterocycles. The normalized spacial score (nSPS) is 20.2. The van der Waals surface area contributed by atoms with E-state index >= 15 is 4.39 Å². The van der Waals surface area contributed by atoms with Crippen molar-refractivity contribution >= 4 is 16.6 Å². The number of alkyl halides is 6. The van der Waals surface area contributed by atoms with Gasteiger partial charge in [-0.1, -0.05) is 0 Å². The standard InChI is InChI=1S/C21H23F7N4O3/c1-8-14-11(18(33)30-19(34)32(14)10-3-4-10)16(35-2)12(22)15(8)31-6-5-9(7-31)13(29)17(20(23,24)25)21(26,27)28/h9-10,13,17H,3-7,29H2,1-2H3,(H,30,33,34). The molecule has 1 aromatic carbocycles. The van der Waals surface area contributed by atoms with Crippen molar-refractivity contribution in [2.24, 2.45) is 17.6 Å². The summed E-state index contributed by atoms with van der Waals surface area (Å²) in [6, 6.07) is -2.53. The number of benzene rings is 1. The maximum Gasteiger partial charge on any atom is 0.402 e. The van der Waals surface area contributed by atoms with Crippen molar-refractivity contribution < 1.29 is 35.5 Å². The molecule has 7 nitrogen and oxygen atoms in total. The highest BCUT2D eigenvalue weighted by Gasteiger charge is 2.61. The summed E-state index contributed by atoms with van der Waals surface area (Å²) in [6.07, 6.45) is -10.0. The summed E-state index contributed by atoms with van der Waals surface area (Å²) in [5, 5.41) is -0.195. The highest BCUT2D eigenvalue weighted by Crippen LogP contribution is 2.46. The average molecular weight is 512 g/mol. The van der Waals surface area contributed by atoms with Gasteiger partial charge in [0.1, 0.15) is 5.39 Å². The van der Waals surface area contributed by atoms with E-state index in [0.717, 1.165) is 7.11 Å². The molecule has 2 aliphatic rings. The van der Waals surface area contributed by atoms with Crippen molar-refractivity contribution in [1.82, 2.24) is 9.55 Å². The molecule has 1 saturated carbocycles. The van der Waals surface area contributed by atoms with Gasteiger partial charge in [0.15, 0.2) is 17.5 Å². The van der Waals surface area contributed by atoms with Gasteiger partial charge in [-0.3, -0.25) is 14.3 Å². The summed E-state index contributed by atoms with van der Waals surface area (Å²) >= 11 is 0. The molecule has 0 radical (unpaired) electrons. The van der Waals surface area contributed by atoms with Crippen LogP contribution in [-0.4, -0.2) is 48.1 Å². The number of anilines is 1. The van der Waals surface area contributed by atoms with E-state index in [1.807, 2.05) is 0 Å². The summed E-state index contributed by atoms with van der Waals surface area (Å²) < 4.78 is 101. The number of H-pyrrole nitrogens is 1. The third-order valence-electron chi connectivity index (χ3n) is 6.78. The monoisotopic (exact) mass is 512 g/mol. The number of nitrogens with zero attached hydrogens (tertiary/aromatic N) is 2. The van der Waals surface area contributed by atoms with Gasteiger partial charge in [0.25, 0.3) is 5.56 Å². The van der Waals surface area contributed by atoms with Crippen LogP contribution in [0.2, 0.25) is 0 Å². The Morgan fingerprint density at radius 3 is 2.20 bits per heavy atom. The van der Waals surface area contributed by atoms with Crippen molar-refractivity contribution in [2.45, 2.75) is 50.6 Å². The Kier molecular flexibility index (Phi) is 6.09. The fraction of sp³-hybridized carbons (Fsp3) is 0.619. The number of methoxy groups -OCH3 is 1. The fourth-order valence-corrected chi connectivity index (χ4v) is 5.07. The van der Waals surface area contributed by atoms with Gasteiger partial charge in [-0.15, -0.1) is 0 Å². The lowest BCUT2D eigenvalue weighted by Gasteiger charge is -2.32. The Bertz CT molecular complexity index is 1250. The van der Waals surface area contributed by atoms with E-state index in [-0.39, 0.29) is 47.7 Å². The number of aromatic amines is 1. The molecule has 3 N–H and O–H groups in total. The van der Waals surface area contributed by atoms with E-state index in [9.17, 15) is 35.9 Å². The third-order valence-corrected chi connectivity index (χ3v) is 6.78. The summed E-state index contributed by atoms with van der Waals surface area (Å²) in [5.74, 6) is -6.43. The van der Waals surface area contributed by atoms with Crippen LogP contribution in [0.15, 0.2) is 9.59 Å². The zero-order valence-electron chi connectivity index (χ0n) is 18.7. The molecule has 2 heterocycles. The van der Waals surface area contributed by atoms with Crippen molar-refractivity contribution in [3.63, 3.8) is 0 Å². The number of hydrogen-bond donors (Lipinski definition) is 2. The van der Waals surface area contributed by atoms with Crippen molar-refractivity contribution in [3.05, 3.63) is 32.2 Å². The Balaban J connectivity index is 1.81. The highest BCUT2D eigenvalue weighted by molar-refractivity contribution is 5.93. The average Bonchev–Trinajstić information content (AvgIpc) is 3.43. The van der Waals surface area contributed by atoms with Crippen LogP contribution in [0, 0.1) is 24.6 Å². The molecule has 0 amide bonds. The first-order chi connectivity index (χ1) is 16.2. The largest absolute Gasteiger partial charge is 0.493 e. The Hall–Kier alpha value is -2.77. The second kappa shape index (κ2) is 8.42. The molecule has 1 saturated heterocycles. The van der Waals surface area contributed by atoms with Crippen LogP contribution in [0.1, 0.15) is 30.9 Å².